The van der Waals surface area contributed by atoms with Gasteiger partial charge in [-0.05, 0) is 12.3 Å². The highest BCUT2D eigenvalue weighted by atomic mass is 32.3. The maximum atomic E-state index is 8.61. The molecule has 0 saturated heterocycles. The zero-order chi connectivity index (χ0) is 15.1. The quantitative estimate of drug-likeness (QED) is 0.379. The standard InChI is InChI=1S/C13H28O.H2O4S/c1-3-4-10-13(2)11-8-6-5-7-9-12-14;1-5(2,3)4/h13-14H,3-12H2,1-2H3;(H2,1,2,3,4)/p-2. The van der Waals surface area contributed by atoms with Crippen LogP contribution in [0, 0.1) is 5.92 Å². The lowest BCUT2D eigenvalue weighted by Gasteiger charge is -2.09. The summed E-state index contributed by atoms with van der Waals surface area (Å²) in [6, 6.07) is 0. The van der Waals surface area contributed by atoms with Crippen molar-refractivity contribution in [2.75, 3.05) is 6.61 Å². The van der Waals surface area contributed by atoms with Gasteiger partial charge in [-0.25, -0.2) is 0 Å². The lowest BCUT2D eigenvalue weighted by atomic mass is 9.97. The van der Waals surface area contributed by atoms with Gasteiger partial charge in [0, 0.05) is 17.0 Å². The summed E-state index contributed by atoms with van der Waals surface area (Å²) in [6.07, 6.45) is 11.8. The lowest BCUT2D eigenvalue weighted by Crippen LogP contribution is -1.94. The molecule has 0 bridgehead atoms. The van der Waals surface area contributed by atoms with Gasteiger partial charge in [0.1, 0.15) is 0 Å². The van der Waals surface area contributed by atoms with Gasteiger partial charge in [-0.15, -0.1) is 0 Å². The van der Waals surface area contributed by atoms with Crippen LogP contribution in [-0.2, 0) is 10.4 Å². The molecule has 118 valence electrons. The number of aliphatic hydroxyl groups is 1. The molecule has 6 heteroatoms. The maximum Gasteiger partial charge on any atom is 0.0431 e. The third kappa shape index (κ3) is 31.9. The van der Waals surface area contributed by atoms with E-state index in [1.807, 2.05) is 0 Å². The van der Waals surface area contributed by atoms with Crippen molar-refractivity contribution >= 4 is 10.4 Å². The van der Waals surface area contributed by atoms with E-state index in [9.17, 15) is 0 Å². The third-order valence-electron chi connectivity index (χ3n) is 2.91. The summed E-state index contributed by atoms with van der Waals surface area (Å²) in [5.74, 6) is 0.924. The average Bonchev–Trinajstić information content (AvgIpc) is 2.29. The van der Waals surface area contributed by atoms with Gasteiger partial charge in [-0.1, -0.05) is 65.2 Å². The molecule has 1 unspecified atom stereocenters. The number of hydrogen-bond acceptors (Lipinski definition) is 5. The van der Waals surface area contributed by atoms with Crippen LogP contribution >= 0.6 is 0 Å². The molecular formula is C13H28O5S-2. The number of aliphatic hydroxyl groups excluding tert-OH is 1. The molecule has 0 aromatic heterocycles. The molecule has 19 heavy (non-hydrogen) atoms. The van der Waals surface area contributed by atoms with E-state index >= 15 is 0 Å². The Labute approximate surface area is 118 Å². The second-order valence-corrected chi connectivity index (χ2v) is 5.75. The van der Waals surface area contributed by atoms with Gasteiger partial charge in [0.2, 0.25) is 0 Å². The Morgan fingerprint density at radius 1 is 0.947 bits per heavy atom. The molecule has 0 aromatic carbocycles. The van der Waals surface area contributed by atoms with Crippen LogP contribution in [0.25, 0.3) is 0 Å². The van der Waals surface area contributed by atoms with Crippen LogP contribution in [-0.4, -0.2) is 29.2 Å². The van der Waals surface area contributed by atoms with Crippen molar-refractivity contribution in [1.29, 1.82) is 0 Å². The monoisotopic (exact) mass is 296 g/mol. The van der Waals surface area contributed by atoms with E-state index in [1.54, 1.807) is 0 Å². The summed E-state index contributed by atoms with van der Waals surface area (Å²) in [4.78, 5) is 0. The summed E-state index contributed by atoms with van der Waals surface area (Å²) in [5.41, 5.74) is 0. The Kier molecular flexibility index (Phi) is 15.8. The van der Waals surface area contributed by atoms with Gasteiger partial charge in [0.05, 0.1) is 0 Å². The van der Waals surface area contributed by atoms with Crippen molar-refractivity contribution in [3.63, 3.8) is 0 Å². The fraction of sp³-hybridized carbons (Fsp3) is 1.00. The van der Waals surface area contributed by atoms with Gasteiger partial charge >= 0.3 is 0 Å². The van der Waals surface area contributed by atoms with E-state index in [-0.39, 0.29) is 0 Å². The summed E-state index contributed by atoms with van der Waals surface area (Å²) in [7, 11) is -5.17. The molecule has 0 aliphatic carbocycles. The zero-order valence-corrected chi connectivity index (χ0v) is 13.0. The molecule has 0 rings (SSSR count). The second-order valence-electron chi connectivity index (χ2n) is 4.94. The molecule has 5 nitrogen and oxygen atoms in total. The Morgan fingerprint density at radius 3 is 1.84 bits per heavy atom. The molecule has 1 atom stereocenters. The number of unbranched alkanes of at least 4 members (excludes halogenated alkanes) is 5. The first kappa shape index (κ1) is 21.1. The first-order valence-electron chi connectivity index (χ1n) is 7.08. The summed E-state index contributed by atoms with van der Waals surface area (Å²) >= 11 is 0. The van der Waals surface area contributed by atoms with Crippen LogP contribution in [0.1, 0.15) is 71.6 Å². The Hall–Kier alpha value is -0.170. The first-order chi connectivity index (χ1) is 8.81. The first-order valence-corrected chi connectivity index (χ1v) is 8.42. The largest absolute Gasteiger partial charge is 0.759 e. The average molecular weight is 296 g/mol. The highest BCUT2D eigenvalue weighted by Crippen LogP contribution is 2.16. The summed E-state index contributed by atoms with van der Waals surface area (Å²) < 4.78 is 34.1. The van der Waals surface area contributed by atoms with Gasteiger partial charge in [-0.2, -0.15) is 0 Å². The van der Waals surface area contributed by atoms with Gasteiger partial charge in [0.25, 0.3) is 0 Å². The minimum atomic E-state index is -5.17. The van der Waals surface area contributed by atoms with E-state index < -0.39 is 10.4 Å². The summed E-state index contributed by atoms with van der Waals surface area (Å²) in [5, 5.41) is 8.61. The minimum Gasteiger partial charge on any atom is -0.759 e. The van der Waals surface area contributed by atoms with Crippen molar-refractivity contribution in [2.45, 2.75) is 71.6 Å². The zero-order valence-electron chi connectivity index (χ0n) is 12.1. The van der Waals surface area contributed by atoms with Crippen LogP contribution in [0.5, 0.6) is 0 Å². The third-order valence-corrected chi connectivity index (χ3v) is 2.91. The fourth-order valence-corrected chi connectivity index (χ4v) is 1.83. The number of hydrogen-bond donors (Lipinski definition) is 1. The molecule has 0 saturated carbocycles. The van der Waals surface area contributed by atoms with Crippen molar-refractivity contribution in [3.05, 3.63) is 0 Å². The fourth-order valence-electron chi connectivity index (χ4n) is 1.83. The van der Waals surface area contributed by atoms with E-state index in [1.165, 1.54) is 51.4 Å². The molecule has 0 fully saturated rings. The molecule has 0 spiro atoms. The Morgan fingerprint density at radius 2 is 1.37 bits per heavy atom. The van der Waals surface area contributed by atoms with Crippen LogP contribution in [0.2, 0.25) is 0 Å². The van der Waals surface area contributed by atoms with Gasteiger partial charge in [0.15, 0.2) is 0 Å². The molecule has 0 radical (unpaired) electrons. The van der Waals surface area contributed by atoms with Crippen molar-refractivity contribution < 1.29 is 22.6 Å². The maximum absolute atomic E-state index is 8.61. The molecule has 0 aliphatic rings. The Bertz CT molecular complexity index is 256. The van der Waals surface area contributed by atoms with Crippen LogP contribution in [0.3, 0.4) is 0 Å². The molecular weight excluding hydrogens is 268 g/mol. The van der Waals surface area contributed by atoms with Crippen molar-refractivity contribution in [3.8, 4) is 0 Å². The number of rotatable bonds is 10. The Balaban J connectivity index is 0. The molecule has 0 heterocycles. The SMILES string of the molecule is CCCCC(C)CCCCCCCO.O=S(=O)([O-])[O-]. The van der Waals surface area contributed by atoms with E-state index in [0.717, 1.165) is 12.3 Å². The van der Waals surface area contributed by atoms with Crippen molar-refractivity contribution in [1.82, 2.24) is 0 Å². The van der Waals surface area contributed by atoms with Crippen LogP contribution in [0.15, 0.2) is 0 Å². The molecule has 0 amide bonds. The predicted octanol–water partition coefficient (Wildman–Crippen LogP) is 2.81. The predicted molar refractivity (Wildman–Crippen MR) is 74.0 cm³/mol. The lowest BCUT2D eigenvalue weighted by molar-refractivity contribution is 0.282. The molecule has 1 N–H and O–H groups in total. The smallest absolute Gasteiger partial charge is 0.0431 e. The highest BCUT2D eigenvalue weighted by Gasteiger charge is 2.00. The minimum absolute atomic E-state index is 0.368. The van der Waals surface area contributed by atoms with Gasteiger partial charge in [-0.3, -0.25) is 8.42 Å². The molecule has 0 aliphatic heterocycles. The molecule has 0 aromatic rings. The second kappa shape index (κ2) is 14.2. The normalized spacial score (nSPS) is 12.7. The van der Waals surface area contributed by atoms with E-state index in [2.05, 4.69) is 13.8 Å². The topological polar surface area (TPSA) is 100 Å². The van der Waals surface area contributed by atoms with E-state index in [4.69, 9.17) is 22.6 Å². The highest BCUT2D eigenvalue weighted by molar-refractivity contribution is 7.79. The van der Waals surface area contributed by atoms with Crippen molar-refractivity contribution in [2.24, 2.45) is 5.92 Å². The van der Waals surface area contributed by atoms with E-state index in [0.29, 0.717) is 6.61 Å². The summed E-state index contributed by atoms with van der Waals surface area (Å²) in [6.45, 7) is 5.01. The van der Waals surface area contributed by atoms with Gasteiger partial charge < -0.3 is 14.2 Å². The van der Waals surface area contributed by atoms with Crippen LogP contribution < -0.4 is 0 Å². The van der Waals surface area contributed by atoms with Crippen LogP contribution in [0.4, 0.5) is 0 Å².